The number of likely N-dealkylation sites (N-methyl/N-ethyl adjacent to an activating group) is 1. The molecule has 0 spiro atoms. The number of pyridine rings is 1. The van der Waals surface area contributed by atoms with E-state index in [0.29, 0.717) is 35.7 Å². The molecule has 3 rings (SSSR count). The second-order valence-corrected chi connectivity index (χ2v) is 8.53. The van der Waals surface area contributed by atoms with Crippen LogP contribution in [0.1, 0.15) is 33.6 Å². The highest BCUT2D eigenvalue weighted by Gasteiger charge is 2.28. The number of amides is 3. The summed E-state index contributed by atoms with van der Waals surface area (Å²) in [6.07, 6.45) is 3.18. The van der Waals surface area contributed by atoms with E-state index in [1.807, 2.05) is 11.9 Å². The first kappa shape index (κ1) is 25.0. The van der Waals surface area contributed by atoms with E-state index in [0.717, 1.165) is 18.5 Å². The largest absolute Gasteiger partial charge is 0.375 e. The maximum Gasteiger partial charge on any atom is 0.253 e. The van der Waals surface area contributed by atoms with E-state index >= 15 is 0 Å². The van der Waals surface area contributed by atoms with Crippen LogP contribution in [0.25, 0.3) is 0 Å². The van der Waals surface area contributed by atoms with Gasteiger partial charge in [0.2, 0.25) is 5.91 Å². The van der Waals surface area contributed by atoms with Gasteiger partial charge in [-0.25, -0.2) is 4.98 Å². The molecule has 1 fully saturated rings. The Labute approximate surface area is 199 Å². The number of benzene rings is 1. The third kappa shape index (κ3) is 5.82. The van der Waals surface area contributed by atoms with Crippen molar-refractivity contribution in [3.05, 3.63) is 47.7 Å². The molecule has 1 unspecified atom stereocenters. The van der Waals surface area contributed by atoms with Gasteiger partial charge in [0.15, 0.2) is 0 Å². The Morgan fingerprint density at radius 2 is 1.91 bits per heavy atom. The molecule has 1 aliphatic heterocycles. The Morgan fingerprint density at radius 3 is 2.53 bits per heavy atom. The summed E-state index contributed by atoms with van der Waals surface area (Å²) in [4.78, 5) is 46.1. The molecule has 2 aromatic rings. The average Bonchev–Trinajstić information content (AvgIpc) is 2.83. The van der Waals surface area contributed by atoms with Crippen molar-refractivity contribution < 1.29 is 19.1 Å². The molecule has 10 nitrogen and oxygen atoms in total. The molecule has 10 heteroatoms. The number of carbonyl (C=O) groups is 3. The first-order chi connectivity index (χ1) is 16.2. The van der Waals surface area contributed by atoms with Gasteiger partial charge in [-0.15, -0.1) is 0 Å². The fourth-order valence-corrected chi connectivity index (χ4v) is 4.01. The number of primary amides is 1. The van der Waals surface area contributed by atoms with Crippen molar-refractivity contribution in [3.8, 4) is 0 Å². The van der Waals surface area contributed by atoms with Crippen LogP contribution in [0.3, 0.4) is 0 Å². The molecule has 2 heterocycles. The van der Waals surface area contributed by atoms with E-state index in [9.17, 15) is 14.4 Å². The van der Waals surface area contributed by atoms with Gasteiger partial charge in [0.25, 0.3) is 11.8 Å². The number of hydrogen-bond donors (Lipinski definition) is 2. The number of methoxy groups -OCH3 is 1. The lowest BCUT2D eigenvalue weighted by Crippen LogP contribution is -2.50. The lowest BCUT2D eigenvalue weighted by atomic mass is 10.0. The summed E-state index contributed by atoms with van der Waals surface area (Å²) in [5.41, 5.74) is 7.90. The fourth-order valence-electron chi connectivity index (χ4n) is 4.01. The molecule has 3 N–H and O–H groups in total. The summed E-state index contributed by atoms with van der Waals surface area (Å²) in [6, 6.07) is 8.86. The Hall–Kier alpha value is -3.66. The number of aromatic nitrogens is 1. The van der Waals surface area contributed by atoms with E-state index in [2.05, 4.69) is 10.3 Å². The number of nitrogens with one attached hydrogen (secondary N) is 1. The predicted molar refractivity (Wildman–Crippen MR) is 130 cm³/mol. The first-order valence-corrected chi connectivity index (χ1v) is 11.1. The predicted octanol–water partition coefficient (Wildman–Crippen LogP) is 1.70. The van der Waals surface area contributed by atoms with Crippen molar-refractivity contribution in [3.63, 3.8) is 0 Å². The third-order valence-corrected chi connectivity index (χ3v) is 5.90. The van der Waals surface area contributed by atoms with E-state index < -0.39 is 5.91 Å². The summed E-state index contributed by atoms with van der Waals surface area (Å²) in [7, 11) is 6.80. The average molecular weight is 469 g/mol. The van der Waals surface area contributed by atoms with E-state index in [4.69, 9.17) is 10.5 Å². The molecular formula is C24H32N6O4. The summed E-state index contributed by atoms with van der Waals surface area (Å²) in [5.74, 6) is -0.175. The van der Waals surface area contributed by atoms with Gasteiger partial charge in [0.1, 0.15) is 12.4 Å². The number of piperidine rings is 1. The lowest BCUT2D eigenvalue weighted by Gasteiger charge is -2.39. The molecule has 1 saturated heterocycles. The Morgan fingerprint density at radius 1 is 1.21 bits per heavy atom. The Kier molecular flexibility index (Phi) is 8.06. The molecule has 0 bridgehead atoms. The van der Waals surface area contributed by atoms with Gasteiger partial charge in [-0.2, -0.15) is 0 Å². The zero-order chi connectivity index (χ0) is 24.8. The topological polar surface area (TPSA) is 121 Å². The van der Waals surface area contributed by atoms with Crippen LogP contribution < -0.4 is 16.0 Å². The van der Waals surface area contributed by atoms with Gasteiger partial charge >= 0.3 is 0 Å². The van der Waals surface area contributed by atoms with Crippen LogP contribution in [0.4, 0.5) is 17.2 Å². The van der Waals surface area contributed by atoms with Crippen molar-refractivity contribution in [1.29, 1.82) is 0 Å². The quantitative estimate of drug-likeness (QED) is 0.605. The van der Waals surface area contributed by atoms with E-state index in [-0.39, 0.29) is 24.5 Å². The number of anilines is 3. The standard InChI is InChI=1S/C24H32N6O4/c1-28(2)24(33)16-7-9-17(10-8-16)27-21-12-20(19(13-26-21)23(25)32)29(3)18-6-5-11-30(14-18)22(31)15-34-4/h7-10,12-13,18H,5-6,11,14-15H2,1-4H3,(H2,25,32)(H,26,27). The second kappa shape index (κ2) is 11.0. The van der Waals surface area contributed by atoms with Crippen molar-refractivity contribution in [1.82, 2.24) is 14.8 Å². The van der Waals surface area contributed by atoms with Crippen molar-refractivity contribution in [2.24, 2.45) is 5.73 Å². The molecule has 34 heavy (non-hydrogen) atoms. The van der Waals surface area contributed by atoms with Crippen molar-refractivity contribution in [2.75, 3.05) is 58.2 Å². The smallest absolute Gasteiger partial charge is 0.253 e. The number of hydrogen-bond acceptors (Lipinski definition) is 7. The van der Waals surface area contributed by atoms with Gasteiger partial charge in [0, 0.05) is 70.9 Å². The van der Waals surface area contributed by atoms with Gasteiger partial charge in [0.05, 0.1) is 11.3 Å². The second-order valence-electron chi connectivity index (χ2n) is 8.53. The van der Waals surface area contributed by atoms with Gasteiger partial charge in [-0.3, -0.25) is 14.4 Å². The third-order valence-electron chi connectivity index (χ3n) is 5.90. The Bertz CT molecular complexity index is 1040. The van der Waals surface area contributed by atoms with Crippen LogP contribution in [0.15, 0.2) is 36.5 Å². The molecule has 0 radical (unpaired) electrons. The maximum absolute atomic E-state index is 12.3. The van der Waals surface area contributed by atoms with Crippen LogP contribution in [0.2, 0.25) is 0 Å². The lowest BCUT2D eigenvalue weighted by molar-refractivity contribution is -0.136. The minimum Gasteiger partial charge on any atom is -0.375 e. The highest BCUT2D eigenvalue weighted by atomic mass is 16.5. The van der Waals surface area contributed by atoms with Crippen LogP contribution in [0.5, 0.6) is 0 Å². The minimum absolute atomic E-state index is 0.0132. The maximum atomic E-state index is 12.3. The number of nitrogens with two attached hydrogens (primary N) is 1. The number of carbonyl (C=O) groups excluding carboxylic acids is 3. The zero-order valence-corrected chi connectivity index (χ0v) is 20.1. The van der Waals surface area contributed by atoms with Crippen LogP contribution >= 0.6 is 0 Å². The molecule has 1 aromatic heterocycles. The molecule has 3 amide bonds. The van der Waals surface area contributed by atoms with Crippen molar-refractivity contribution >= 4 is 34.9 Å². The number of ether oxygens (including phenoxy) is 1. The van der Waals surface area contributed by atoms with Gasteiger partial charge in [-0.1, -0.05) is 0 Å². The highest BCUT2D eigenvalue weighted by molar-refractivity contribution is 5.99. The molecule has 1 atom stereocenters. The summed E-state index contributed by atoms with van der Waals surface area (Å²) in [5, 5.41) is 3.21. The normalized spacial score (nSPS) is 15.5. The Balaban J connectivity index is 1.81. The molecular weight excluding hydrogens is 436 g/mol. The van der Waals surface area contributed by atoms with E-state index in [1.165, 1.54) is 18.2 Å². The number of rotatable bonds is 8. The molecule has 1 aliphatic rings. The molecule has 182 valence electrons. The van der Waals surface area contributed by atoms with Crippen LogP contribution in [-0.4, -0.2) is 86.5 Å². The van der Waals surface area contributed by atoms with Crippen LogP contribution in [-0.2, 0) is 9.53 Å². The van der Waals surface area contributed by atoms with E-state index in [1.54, 1.807) is 49.3 Å². The van der Waals surface area contributed by atoms with Gasteiger partial charge in [-0.05, 0) is 37.1 Å². The molecule has 1 aromatic carbocycles. The van der Waals surface area contributed by atoms with Crippen molar-refractivity contribution in [2.45, 2.75) is 18.9 Å². The summed E-state index contributed by atoms with van der Waals surface area (Å²) in [6.45, 7) is 1.26. The zero-order valence-electron chi connectivity index (χ0n) is 20.1. The summed E-state index contributed by atoms with van der Waals surface area (Å²) >= 11 is 0. The highest BCUT2D eigenvalue weighted by Crippen LogP contribution is 2.28. The fraction of sp³-hybridized carbons (Fsp3) is 0.417. The minimum atomic E-state index is -0.574. The molecule has 0 aliphatic carbocycles. The SMILES string of the molecule is COCC(=O)N1CCCC(N(C)c2cc(Nc3ccc(C(=O)N(C)C)cc3)ncc2C(N)=O)C1. The number of likely N-dealkylation sites (tertiary alicyclic amines) is 1. The van der Waals surface area contributed by atoms with Gasteiger partial charge < -0.3 is 30.5 Å². The monoisotopic (exact) mass is 468 g/mol. The number of nitrogens with zero attached hydrogens (tertiary/aromatic N) is 4. The first-order valence-electron chi connectivity index (χ1n) is 11.1. The summed E-state index contributed by atoms with van der Waals surface area (Å²) < 4.78 is 4.99. The van der Waals surface area contributed by atoms with Crippen LogP contribution in [0, 0.1) is 0 Å². The molecule has 0 saturated carbocycles.